The van der Waals surface area contributed by atoms with Gasteiger partial charge >= 0.3 is 0 Å². The van der Waals surface area contributed by atoms with E-state index >= 15 is 0 Å². The van der Waals surface area contributed by atoms with Gasteiger partial charge in [-0.05, 0) is 110 Å². The minimum Gasteiger partial charge on any atom is -0.489 e. The van der Waals surface area contributed by atoms with Gasteiger partial charge in [0.1, 0.15) is 23.7 Å². The van der Waals surface area contributed by atoms with E-state index in [1.807, 2.05) is 38.1 Å². The van der Waals surface area contributed by atoms with Gasteiger partial charge in [-0.2, -0.15) is 0 Å². The molecular formula is C54H66N10O6. The van der Waals surface area contributed by atoms with Gasteiger partial charge in [0.15, 0.2) is 23.0 Å². The van der Waals surface area contributed by atoms with Crippen LogP contribution >= 0.6 is 0 Å². The second-order valence-electron chi connectivity index (χ2n) is 18.5. The van der Waals surface area contributed by atoms with Crippen LogP contribution in [0.2, 0.25) is 0 Å². The number of aromatic nitrogens is 6. The number of hydrogen-bond acceptors (Lipinski definition) is 14. The number of pyridine rings is 2. The van der Waals surface area contributed by atoms with E-state index in [1.54, 1.807) is 38.7 Å². The van der Waals surface area contributed by atoms with Crippen molar-refractivity contribution in [3.8, 4) is 23.3 Å². The molecule has 16 heteroatoms. The average Bonchev–Trinajstić information content (AvgIpc) is 3.39. The fourth-order valence-corrected chi connectivity index (χ4v) is 9.84. The standard InChI is InChI=1S/2C27H31N5O3.2H2/c2*1-18-15-24(27(33)29-21-8-7-19-5-3-4-6-20(19)16-21)30-31-26(18)32-13-11-22(12-14-32)35-23-9-10-25(34-2)28-17-23;;/h2*3-6,9-10,15,17,21-22H,7-8,11-14,16H2,1-2H3,(H,29,33);2*1H. The van der Waals surface area contributed by atoms with E-state index in [2.05, 4.69) is 99.3 Å². The Hall–Kier alpha value is -7.36. The largest absolute Gasteiger partial charge is 0.489 e. The van der Waals surface area contributed by atoms with Gasteiger partial charge in [-0.1, -0.05) is 48.5 Å². The monoisotopic (exact) mass is 951 g/mol. The van der Waals surface area contributed by atoms with Gasteiger partial charge < -0.3 is 39.4 Å². The molecule has 0 radical (unpaired) electrons. The highest BCUT2D eigenvalue weighted by Gasteiger charge is 2.27. The number of rotatable bonds is 12. The Kier molecular flexibility index (Phi) is 15.2. The van der Waals surface area contributed by atoms with Crippen molar-refractivity contribution >= 4 is 23.5 Å². The molecular weight excluding hydrogens is 885 g/mol. The van der Waals surface area contributed by atoms with Crippen LogP contribution in [0.5, 0.6) is 23.3 Å². The first-order valence-electron chi connectivity index (χ1n) is 24.4. The molecule has 0 saturated carbocycles. The number of benzene rings is 2. The lowest BCUT2D eigenvalue weighted by atomic mass is 9.88. The number of ether oxygens (including phenoxy) is 4. The second-order valence-corrected chi connectivity index (χ2v) is 18.5. The van der Waals surface area contributed by atoms with Crippen LogP contribution in [0.15, 0.2) is 97.3 Å². The summed E-state index contributed by atoms with van der Waals surface area (Å²) in [5.74, 6) is 3.99. The number of fused-ring (bicyclic) bond motifs is 2. The Morgan fingerprint density at radius 2 is 0.943 bits per heavy atom. The van der Waals surface area contributed by atoms with Crippen molar-refractivity contribution in [1.82, 2.24) is 41.0 Å². The summed E-state index contributed by atoms with van der Waals surface area (Å²) in [6.07, 6.45) is 12.7. The Balaban J connectivity index is 0.000000206. The van der Waals surface area contributed by atoms with Gasteiger partial charge in [0.05, 0.1) is 26.6 Å². The maximum absolute atomic E-state index is 12.9. The van der Waals surface area contributed by atoms with Crippen molar-refractivity contribution in [1.29, 1.82) is 0 Å². The van der Waals surface area contributed by atoms with Crippen LogP contribution in [0.25, 0.3) is 0 Å². The number of nitrogens with zero attached hydrogens (tertiary/aromatic N) is 8. The number of carbonyl (C=O) groups excluding carboxylic acids is 2. The van der Waals surface area contributed by atoms with Crippen LogP contribution in [0.3, 0.4) is 0 Å². The highest BCUT2D eigenvalue weighted by molar-refractivity contribution is 5.93. The summed E-state index contributed by atoms with van der Waals surface area (Å²) in [7, 11) is 3.19. The van der Waals surface area contributed by atoms with Gasteiger partial charge in [-0.15, -0.1) is 20.4 Å². The fraction of sp³-hybridized carbons (Fsp3) is 0.407. The molecule has 368 valence electrons. The second kappa shape index (κ2) is 22.4. The van der Waals surface area contributed by atoms with Crippen molar-refractivity contribution in [3.63, 3.8) is 0 Å². The van der Waals surface area contributed by atoms with Gasteiger partial charge in [0.25, 0.3) is 11.8 Å². The molecule has 16 nitrogen and oxygen atoms in total. The van der Waals surface area contributed by atoms with Crippen molar-refractivity contribution in [2.45, 2.75) is 102 Å². The zero-order chi connectivity index (χ0) is 48.4. The lowest BCUT2D eigenvalue weighted by Crippen LogP contribution is -2.40. The summed E-state index contributed by atoms with van der Waals surface area (Å²) in [5, 5.41) is 23.7. The molecule has 4 aromatic heterocycles. The maximum atomic E-state index is 12.9. The molecule has 0 spiro atoms. The quantitative estimate of drug-likeness (QED) is 0.123. The van der Waals surface area contributed by atoms with Crippen LogP contribution in [0.4, 0.5) is 11.6 Å². The number of hydrogen-bond donors (Lipinski definition) is 2. The van der Waals surface area contributed by atoms with Crippen LogP contribution in [-0.2, 0) is 25.7 Å². The molecule has 0 bridgehead atoms. The molecule has 6 aromatic rings. The first kappa shape index (κ1) is 47.7. The summed E-state index contributed by atoms with van der Waals surface area (Å²) in [4.78, 5) is 38.6. The Morgan fingerprint density at radius 1 is 0.543 bits per heavy atom. The van der Waals surface area contributed by atoms with E-state index in [0.717, 1.165) is 125 Å². The van der Waals surface area contributed by atoms with Crippen LogP contribution in [-0.4, -0.2) is 107 Å². The van der Waals surface area contributed by atoms with E-state index < -0.39 is 0 Å². The summed E-state index contributed by atoms with van der Waals surface area (Å²) >= 11 is 0. The van der Waals surface area contributed by atoms with Crippen LogP contribution < -0.4 is 39.4 Å². The number of carbonyl (C=O) groups is 2. The minimum atomic E-state index is -0.156. The molecule has 2 saturated heterocycles. The molecule has 70 heavy (non-hydrogen) atoms. The van der Waals surface area contributed by atoms with Crippen molar-refractivity contribution in [2.24, 2.45) is 0 Å². The molecule has 6 heterocycles. The van der Waals surface area contributed by atoms with Gasteiger partial charge in [-0.3, -0.25) is 9.59 Å². The molecule has 2 aliphatic carbocycles. The van der Waals surface area contributed by atoms with E-state index in [-0.39, 0.29) is 39.0 Å². The summed E-state index contributed by atoms with van der Waals surface area (Å²) in [6, 6.07) is 28.2. The van der Waals surface area contributed by atoms with Crippen molar-refractivity contribution in [3.05, 3.63) is 142 Å². The first-order valence-corrected chi connectivity index (χ1v) is 24.4. The third kappa shape index (κ3) is 11.9. The molecule has 2 aliphatic heterocycles. The lowest BCUT2D eigenvalue weighted by molar-refractivity contribution is 0.0919. The van der Waals surface area contributed by atoms with Crippen LogP contribution in [0.1, 0.15) is 95.7 Å². The smallest absolute Gasteiger partial charge is 0.272 e. The zero-order valence-corrected chi connectivity index (χ0v) is 40.5. The molecule has 2 amide bonds. The fourth-order valence-electron chi connectivity index (χ4n) is 9.84. The Labute approximate surface area is 412 Å². The number of nitrogens with one attached hydrogen (secondary N) is 2. The molecule has 2 N–H and O–H groups in total. The van der Waals surface area contributed by atoms with Crippen molar-refractivity contribution in [2.75, 3.05) is 50.2 Å². The minimum absolute atomic E-state index is 0. The topological polar surface area (TPSA) is 179 Å². The first-order chi connectivity index (χ1) is 34.2. The predicted octanol–water partition coefficient (Wildman–Crippen LogP) is 7.54. The highest BCUT2D eigenvalue weighted by Crippen LogP contribution is 2.28. The predicted molar refractivity (Wildman–Crippen MR) is 271 cm³/mol. The Bertz CT molecular complexity index is 2550. The molecule has 2 unspecified atom stereocenters. The number of anilines is 2. The average molecular weight is 951 g/mol. The van der Waals surface area contributed by atoms with Crippen molar-refractivity contribution < 1.29 is 31.4 Å². The van der Waals surface area contributed by atoms with Gasteiger partial charge in [-0.25, -0.2) is 9.97 Å². The molecule has 2 aromatic carbocycles. The van der Waals surface area contributed by atoms with Gasteiger partial charge in [0, 0.05) is 78.9 Å². The summed E-state index contributed by atoms with van der Waals surface area (Å²) in [6.45, 7) is 7.24. The van der Waals surface area contributed by atoms with Crippen LogP contribution in [0, 0.1) is 13.8 Å². The lowest BCUT2D eigenvalue weighted by Gasteiger charge is -2.33. The van der Waals surface area contributed by atoms with E-state index in [9.17, 15) is 9.59 Å². The highest BCUT2D eigenvalue weighted by atomic mass is 16.5. The third-order valence-electron chi connectivity index (χ3n) is 13.7. The normalized spacial score (nSPS) is 18.0. The third-order valence-corrected chi connectivity index (χ3v) is 13.7. The summed E-state index contributed by atoms with van der Waals surface area (Å²) in [5.41, 5.74) is 8.05. The van der Waals surface area contributed by atoms with E-state index in [1.165, 1.54) is 22.3 Å². The van der Waals surface area contributed by atoms with E-state index in [0.29, 0.717) is 23.1 Å². The number of methoxy groups -OCH3 is 2. The summed E-state index contributed by atoms with van der Waals surface area (Å²) < 4.78 is 22.4. The number of aryl methyl sites for hydroxylation is 4. The molecule has 2 atom stereocenters. The number of amides is 2. The molecule has 10 rings (SSSR count). The van der Waals surface area contributed by atoms with E-state index in [4.69, 9.17) is 18.9 Å². The Morgan fingerprint density at radius 3 is 1.30 bits per heavy atom. The SMILES string of the molecule is COc1ccc(OC2CCN(c3nnc(C(=O)NC4CCc5ccccc5C4)cc3C)CC2)cn1.COc1ccc(OC2CCN(c3nnc(C(=O)NC4CCc5ccccc5C4)cc3C)CC2)cn1.[HH].[HH]. The maximum Gasteiger partial charge on any atom is 0.272 e. The molecule has 4 aliphatic rings. The zero-order valence-electron chi connectivity index (χ0n) is 40.5. The van der Waals surface area contributed by atoms with Gasteiger partial charge in [0.2, 0.25) is 11.8 Å². The molecule has 2 fully saturated rings. The number of piperidine rings is 2.